The summed E-state index contributed by atoms with van der Waals surface area (Å²) in [5.41, 5.74) is 5.20. The highest BCUT2D eigenvalue weighted by atomic mass is 14.9. The van der Waals surface area contributed by atoms with Crippen LogP contribution in [-0.4, -0.2) is 4.98 Å². The van der Waals surface area contributed by atoms with Gasteiger partial charge in [0.05, 0.1) is 0 Å². The third-order valence-corrected chi connectivity index (χ3v) is 3.08. The predicted molar refractivity (Wildman–Crippen MR) is 75.4 cm³/mol. The molecule has 0 saturated carbocycles. The fraction of sp³-hybridized carbons (Fsp3) is 0.312. The van der Waals surface area contributed by atoms with Gasteiger partial charge in [-0.1, -0.05) is 35.4 Å². The van der Waals surface area contributed by atoms with Crippen molar-refractivity contribution in [3.8, 4) is 0 Å². The zero-order valence-corrected chi connectivity index (χ0v) is 11.3. The van der Waals surface area contributed by atoms with Gasteiger partial charge in [0.15, 0.2) is 0 Å². The van der Waals surface area contributed by atoms with Gasteiger partial charge in [0, 0.05) is 25.0 Å². The Kier molecular flexibility index (Phi) is 4.11. The smallest absolute Gasteiger partial charge is 0.0312 e. The number of aromatic nitrogens is 1. The van der Waals surface area contributed by atoms with Gasteiger partial charge in [-0.15, -0.1) is 0 Å². The van der Waals surface area contributed by atoms with Crippen LogP contribution in [0.1, 0.15) is 35.2 Å². The molecule has 0 aliphatic heterocycles. The second kappa shape index (κ2) is 5.78. The predicted octanol–water partition coefficient (Wildman–Crippen LogP) is 3.55. The first-order valence-electron chi connectivity index (χ1n) is 6.35. The summed E-state index contributed by atoms with van der Waals surface area (Å²) < 4.78 is 0. The van der Waals surface area contributed by atoms with E-state index in [2.05, 4.69) is 55.3 Å². The molecule has 2 heteroatoms. The minimum absolute atomic E-state index is 0.351. The molecule has 0 aliphatic carbocycles. The Morgan fingerprint density at radius 3 is 2.50 bits per heavy atom. The highest BCUT2D eigenvalue weighted by Crippen LogP contribution is 2.17. The van der Waals surface area contributed by atoms with Crippen molar-refractivity contribution in [2.24, 2.45) is 0 Å². The van der Waals surface area contributed by atoms with Gasteiger partial charge in [-0.3, -0.25) is 4.98 Å². The third-order valence-electron chi connectivity index (χ3n) is 3.08. The maximum atomic E-state index is 4.12. The standard InChI is InChI=1S/C16H20N2/c1-12-7-13(2)9-16(8-12)14(3)18-11-15-5-4-6-17-10-15/h4-10,14,18H,11H2,1-3H3. The van der Waals surface area contributed by atoms with Crippen LogP contribution in [0.25, 0.3) is 0 Å². The van der Waals surface area contributed by atoms with Gasteiger partial charge in [-0.25, -0.2) is 0 Å². The van der Waals surface area contributed by atoms with Crippen LogP contribution in [0.15, 0.2) is 42.7 Å². The van der Waals surface area contributed by atoms with Crippen LogP contribution in [0, 0.1) is 13.8 Å². The van der Waals surface area contributed by atoms with Gasteiger partial charge in [-0.05, 0) is 38.0 Å². The van der Waals surface area contributed by atoms with Crippen molar-refractivity contribution < 1.29 is 0 Å². The number of aryl methyl sites for hydroxylation is 2. The van der Waals surface area contributed by atoms with E-state index in [0.29, 0.717) is 6.04 Å². The summed E-state index contributed by atoms with van der Waals surface area (Å²) >= 11 is 0. The topological polar surface area (TPSA) is 24.9 Å². The Balaban J connectivity index is 2.01. The summed E-state index contributed by atoms with van der Waals surface area (Å²) in [7, 11) is 0. The third kappa shape index (κ3) is 3.41. The van der Waals surface area contributed by atoms with E-state index in [1.807, 2.05) is 12.3 Å². The lowest BCUT2D eigenvalue weighted by atomic mass is 10.0. The number of hydrogen-bond donors (Lipinski definition) is 1. The Bertz CT molecular complexity index is 486. The van der Waals surface area contributed by atoms with E-state index in [9.17, 15) is 0 Å². The molecule has 94 valence electrons. The second-order valence-corrected chi connectivity index (χ2v) is 4.88. The zero-order chi connectivity index (χ0) is 13.0. The van der Waals surface area contributed by atoms with Crippen LogP contribution in [0.5, 0.6) is 0 Å². The first kappa shape index (κ1) is 12.8. The Hall–Kier alpha value is -1.67. The van der Waals surface area contributed by atoms with Crippen molar-refractivity contribution in [1.82, 2.24) is 10.3 Å². The summed E-state index contributed by atoms with van der Waals surface area (Å²) in [5.74, 6) is 0. The van der Waals surface area contributed by atoms with Gasteiger partial charge in [0.1, 0.15) is 0 Å². The Morgan fingerprint density at radius 1 is 1.17 bits per heavy atom. The molecular weight excluding hydrogens is 220 g/mol. The molecule has 2 nitrogen and oxygen atoms in total. The fourth-order valence-corrected chi connectivity index (χ4v) is 2.15. The molecular formula is C16H20N2. The van der Waals surface area contributed by atoms with E-state index in [-0.39, 0.29) is 0 Å². The fourth-order valence-electron chi connectivity index (χ4n) is 2.15. The van der Waals surface area contributed by atoms with E-state index in [4.69, 9.17) is 0 Å². The summed E-state index contributed by atoms with van der Waals surface area (Å²) in [6.07, 6.45) is 3.71. The van der Waals surface area contributed by atoms with Gasteiger partial charge in [0.25, 0.3) is 0 Å². The SMILES string of the molecule is Cc1cc(C)cc(C(C)NCc2cccnc2)c1. The van der Waals surface area contributed by atoms with E-state index in [1.54, 1.807) is 6.20 Å². The quantitative estimate of drug-likeness (QED) is 0.884. The summed E-state index contributed by atoms with van der Waals surface area (Å²) in [6.45, 7) is 7.33. The van der Waals surface area contributed by atoms with Crippen molar-refractivity contribution >= 4 is 0 Å². The molecule has 0 amide bonds. The molecule has 2 rings (SSSR count). The zero-order valence-electron chi connectivity index (χ0n) is 11.3. The number of benzene rings is 1. The van der Waals surface area contributed by atoms with E-state index >= 15 is 0 Å². The molecule has 1 aromatic carbocycles. The van der Waals surface area contributed by atoms with E-state index < -0.39 is 0 Å². The van der Waals surface area contributed by atoms with Crippen molar-refractivity contribution in [2.45, 2.75) is 33.4 Å². The number of pyridine rings is 1. The Labute approximate surface area is 109 Å². The van der Waals surface area contributed by atoms with Crippen molar-refractivity contribution in [2.75, 3.05) is 0 Å². The number of hydrogen-bond acceptors (Lipinski definition) is 2. The summed E-state index contributed by atoms with van der Waals surface area (Å²) in [5, 5.41) is 3.53. The molecule has 2 aromatic rings. The highest BCUT2D eigenvalue weighted by Gasteiger charge is 2.05. The average molecular weight is 240 g/mol. The summed E-state index contributed by atoms with van der Waals surface area (Å²) in [6, 6.07) is 11.1. The normalized spacial score (nSPS) is 12.4. The lowest BCUT2D eigenvalue weighted by molar-refractivity contribution is 0.573. The number of rotatable bonds is 4. The molecule has 1 atom stereocenters. The lowest BCUT2D eigenvalue weighted by Crippen LogP contribution is -2.18. The molecule has 0 spiro atoms. The molecule has 1 aromatic heterocycles. The molecule has 1 N–H and O–H groups in total. The molecule has 0 bridgehead atoms. The average Bonchev–Trinajstić information content (AvgIpc) is 2.36. The largest absolute Gasteiger partial charge is 0.306 e. The van der Waals surface area contributed by atoms with Crippen molar-refractivity contribution in [3.05, 3.63) is 65.0 Å². The van der Waals surface area contributed by atoms with Gasteiger partial charge in [-0.2, -0.15) is 0 Å². The molecule has 0 radical (unpaired) electrons. The maximum absolute atomic E-state index is 4.12. The van der Waals surface area contributed by atoms with Crippen LogP contribution >= 0.6 is 0 Å². The molecule has 0 aliphatic rings. The van der Waals surface area contributed by atoms with Crippen molar-refractivity contribution in [3.63, 3.8) is 0 Å². The highest BCUT2D eigenvalue weighted by molar-refractivity contribution is 5.30. The molecule has 1 unspecified atom stereocenters. The first-order chi connectivity index (χ1) is 8.65. The minimum Gasteiger partial charge on any atom is -0.306 e. The van der Waals surface area contributed by atoms with Gasteiger partial charge >= 0.3 is 0 Å². The van der Waals surface area contributed by atoms with Gasteiger partial charge < -0.3 is 5.32 Å². The van der Waals surface area contributed by atoms with Crippen LogP contribution < -0.4 is 5.32 Å². The van der Waals surface area contributed by atoms with Crippen LogP contribution in [0.2, 0.25) is 0 Å². The Morgan fingerprint density at radius 2 is 1.89 bits per heavy atom. The van der Waals surface area contributed by atoms with Crippen LogP contribution in [0.4, 0.5) is 0 Å². The first-order valence-corrected chi connectivity index (χ1v) is 6.35. The molecule has 0 fully saturated rings. The molecule has 1 heterocycles. The monoisotopic (exact) mass is 240 g/mol. The van der Waals surface area contributed by atoms with Crippen LogP contribution in [-0.2, 0) is 6.54 Å². The minimum atomic E-state index is 0.351. The maximum Gasteiger partial charge on any atom is 0.0312 e. The summed E-state index contributed by atoms with van der Waals surface area (Å²) in [4.78, 5) is 4.12. The lowest BCUT2D eigenvalue weighted by Gasteiger charge is -2.15. The molecule has 18 heavy (non-hydrogen) atoms. The van der Waals surface area contributed by atoms with E-state index in [1.165, 1.54) is 22.3 Å². The van der Waals surface area contributed by atoms with Crippen molar-refractivity contribution in [1.29, 1.82) is 0 Å². The molecule has 0 saturated heterocycles. The second-order valence-electron chi connectivity index (χ2n) is 4.88. The van der Waals surface area contributed by atoms with E-state index in [0.717, 1.165) is 6.54 Å². The number of nitrogens with one attached hydrogen (secondary N) is 1. The number of nitrogens with zero attached hydrogens (tertiary/aromatic N) is 1. The van der Waals surface area contributed by atoms with Gasteiger partial charge in [0.2, 0.25) is 0 Å². The van der Waals surface area contributed by atoms with Crippen LogP contribution in [0.3, 0.4) is 0 Å².